The second-order valence-electron chi connectivity index (χ2n) is 11.0. The number of aryl methyl sites for hydroxylation is 1. The third-order valence-corrected chi connectivity index (χ3v) is 7.88. The number of hydrogen-bond donors (Lipinski definition) is 2. The quantitative estimate of drug-likeness (QED) is 0.396. The Morgan fingerprint density at radius 1 is 1.19 bits per heavy atom. The number of carbonyl (C=O) groups excluding carboxylic acids is 2. The smallest absolute Gasteiger partial charge is 0.306 e. The lowest BCUT2D eigenvalue weighted by Crippen LogP contribution is -2.42. The summed E-state index contributed by atoms with van der Waals surface area (Å²) in [4.78, 5) is 24.2. The first kappa shape index (κ1) is 22.8. The molecule has 6 nitrogen and oxygen atoms in total. The number of ether oxygens (including phenoxy) is 1. The summed E-state index contributed by atoms with van der Waals surface area (Å²) < 4.78 is 5.28. The van der Waals surface area contributed by atoms with E-state index < -0.39 is 5.60 Å². The molecule has 4 rings (SSSR count). The number of fused-ring (bicyclic) bond motifs is 5. The average Bonchev–Trinajstić information content (AvgIpc) is 3.07. The van der Waals surface area contributed by atoms with Crippen LogP contribution in [0.25, 0.3) is 0 Å². The molecule has 1 aromatic rings. The van der Waals surface area contributed by atoms with Crippen molar-refractivity contribution >= 4 is 23.3 Å². The van der Waals surface area contributed by atoms with E-state index >= 15 is 0 Å². The van der Waals surface area contributed by atoms with E-state index in [4.69, 9.17) is 10.6 Å². The maximum absolute atomic E-state index is 12.4. The molecule has 32 heavy (non-hydrogen) atoms. The fourth-order valence-corrected chi connectivity index (χ4v) is 6.49. The first-order chi connectivity index (χ1) is 15.1. The van der Waals surface area contributed by atoms with Crippen LogP contribution in [0, 0.1) is 17.3 Å². The number of nitrogens with one attached hydrogen (secondary N) is 1. The highest BCUT2D eigenvalue weighted by Crippen LogP contribution is 2.59. The van der Waals surface area contributed by atoms with Crippen LogP contribution in [0.15, 0.2) is 23.3 Å². The molecular weight excluding hydrogens is 402 g/mol. The molecule has 0 aliphatic heterocycles. The van der Waals surface area contributed by atoms with Gasteiger partial charge in [0.1, 0.15) is 5.60 Å². The maximum atomic E-state index is 12.4. The van der Waals surface area contributed by atoms with Gasteiger partial charge in [-0.1, -0.05) is 13.0 Å². The van der Waals surface area contributed by atoms with Crippen LogP contribution in [0.4, 0.5) is 5.69 Å². The van der Waals surface area contributed by atoms with E-state index in [-0.39, 0.29) is 30.1 Å². The molecule has 174 valence electrons. The molecule has 1 aromatic carbocycles. The number of hydrazone groups is 1. The van der Waals surface area contributed by atoms with E-state index in [1.54, 1.807) is 0 Å². The minimum atomic E-state index is -0.530. The second kappa shape index (κ2) is 8.53. The van der Waals surface area contributed by atoms with Gasteiger partial charge in [-0.3, -0.25) is 9.59 Å². The van der Waals surface area contributed by atoms with Gasteiger partial charge in [0.25, 0.3) is 0 Å². The van der Waals surface area contributed by atoms with Gasteiger partial charge >= 0.3 is 5.97 Å². The van der Waals surface area contributed by atoms with E-state index in [2.05, 4.69) is 29.5 Å². The Kier molecular flexibility index (Phi) is 6.08. The second-order valence-corrected chi connectivity index (χ2v) is 11.0. The summed E-state index contributed by atoms with van der Waals surface area (Å²) in [5.74, 6) is 7.17. The lowest BCUT2D eigenvalue weighted by atomic mass is 9.55. The molecule has 0 heterocycles. The molecule has 2 fully saturated rings. The van der Waals surface area contributed by atoms with Crippen molar-refractivity contribution in [3.05, 3.63) is 29.3 Å². The lowest BCUT2D eigenvalue weighted by Gasteiger charge is -2.49. The van der Waals surface area contributed by atoms with Crippen LogP contribution in [0.3, 0.4) is 0 Å². The zero-order chi connectivity index (χ0) is 23.1. The van der Waals surface area contributed by atoms with Crippen molar-refractivity contribution < 1.29 is 14.3 Å². The van der Waals surface area contributed by atoms with Crippen molar-refractivity contribution in [1.82, 2.24) is 0 Å². The number of benzene rings is 1. The molecule has 3 aliphatic rings. The molecular formula is C26H37N3O3. The van der Waals surface area contributed by atoms with E-state index in [1.165, 1.54) is 36.1 Å². The van der Waals surface area contributed by atoms with Gasteiger partial charge in [-0.05, 0) is 100 Å². The molecule has 4 atom stereocenters. The zero-order valence-electron chi connectivity index (χ0n) is 19.9. The number of esters is 1. The molecule has 1 amide bonds. The minimum absolute atomic E-state index is 0.0893. The minimum Gasteiger partial charge on any atom is -0.460 e. The Hall–Kier alpha value is -2.37. The summed E-state index contributed by atoms with van der Waals surface area (Å²) >= 11 is 0. The van der Waals surface area contributed by atoms with Crippen molar-refractivity contribution in [2.24, 2.45) is 28.2 Å². The van der Waals surface area contributed by atoms with Gasteiger partial charge in [0.2, 0.25) is 5.91 Å². The van der Waals surface area contributed by atoms with Gasteiger partial charge in [0.15, 0.2) is 0 Å². The topological polar surface area (TPSA) is 93.8 Å². The number of rotatable bonds is 4. The zero-order valence-corrected chi connectivity index (χ0v) is 19.9. The van der Waals surface area contributed by atoms with Crippen LogP contribution < -0.4 is 11.2 Å². The fraction of sp³-hybridized carbons (Fsp3) is 0.654. The van der Waals surface area contributed by atoms with Crippen LogP contribution >= 0.6 is 0 Å². The molecule has 0 aromatic heterocycles. The predicted octanol–water partition coefficient (Wildman–Crippen LogP) is 4.92. The summed E-state index contributed by atoms with van der Waals surface area (Å²) in [5.41, 5.74) is 4.48. The molecule has 3 N–H and O–H groups in total. The Balaban J connectivity index is 1.40. The molecule has 3 aliphatic carbocycles. The third-order valence-electron chi connectivity index (χ3n) is 7.88. The maximum Gasteiger partial charge on any atom is 0.306 e. The monoisotopic (exact) mass is 439 g/mol. The van der Waals surface area contributed by atoms with Gasteiger partial charge in [0.05, 0.1) is 6.42 Å². The van der Waals surface area contributed by atoms with Gasteiger partial charge < -0.3 is 15.9 Å². The van der Waals surface area contributed by atoms with E-state index in [1.807, 2.05) is 26.8 Å². The van der Waals surface area contributed by atoms with Crippen LogP contribution in [0.1, 0.15) is 89.7 Å². The molecule has 0 spiro atoms. The van der Waals surface area contributed by atoms with Crippen molar-refractivity contribution in [3.8, 4) is 0 Å². The Morgan fingerprint density at radius 2 is 1.97 bits per heavy atom. The number of nitrogens with zero attached hydrogens (tertiary/aromatic N) is 1. The highest BCUT2D eigenvalue weighted by molar-refractivity contribution is 5.93. The molecule has 0 saturated heterocycles. The van der Waals surface area contributed by atoms with Gasteiger partial charge in [-0.2, -0.15) is 5.10 Å². The van der Waals surface area contributed by atoms with Gasteiger partial charge in [-0.25, -0.2) is 0 Å². The number of hydrogen-bond acceptors (Lipinski definition) is 5. The molecule has 0 bridgehead atoms. The highest BCUT2D eigenvalue weighted by Gasteiger charge is 2.53. The van der Waals surface area contributed by atoms with Crippen LogP contribution in [-0.4, -0.2) is 23.2 Å². The predicted molar refractivity (Wildman–Crippen MR) is 126 cm³/mol. The fourth-order valence-electron chi connectivity index (χ4n) is 6.49. The summed E-state index contributed by atoms with van der Waals surface area (Å²) in [6.07, 6.45) is 7.01. The Bertz CT molecular complexity index is 933. The summed E-state index contributed by atoms with van der Waals surface area (Å²) in [6, 6.07) is 6.36. The van der Waals surface area contributed by atoms with Crippen molar-refractivity contribution in [2.75, 3.05) is 5.32 Å². The summed E-state index contributed by atoms with van der Waals surface area (Å²) in [7, 11) is 0. The van der Waals surface area contributed by atoms with E-state index in [0.29, 0.717) is 17.8 Å². The number of amides is 1. The van der Waals surface area contributed by atoms with Crippen LogP contribution in [0.2, 0.25) is 0 Å². The van der Waals surface area contributed by atoms with Crippen LogP contribution in [0.5, 0.6) is 0 Å². The van der Waals surface area contributed by atoms with Crippen molar-refractivity contribution in [3.63, 3.8) is 0 Å². The highest BCUT2D eigenvalue weighted by atomic mass is 16.6. The first-order valence-corrected chi connectivity index (χ1v) is 12.0. The van der Waals surface area contributed by atoms with Crippen molar-refractivity contribution in [2.45, 2.75) is 90.6 Å². The normalized spacial score (nSPS) is 30.2. The molecule has 6 heteroatoms. The molecule has 0 radical (unpaired) electrons. The average molecular weight is 440 g/mol. The number of nitrogens with two attached hydrogens (primary N) is 1. The Labute approximate surface area is 191 Å². The van der Waals surface area contributed by atoms with Gasteiger partial charge in [-0.15, -0.1) is 0 Å². The van der Waals surface area contributed by atoms with Crippen LogP contribution in [-0.2, 0) is 20.7 Å². The molecule has 0 unspecified atom stereocenters. The third kappa shape index (κ3) is 4.41. The number of anilines is 1. The largest absolute Gasteiger partial charge is 0.460 e. The first-order valence-electron chi connectivity index (χ1n) is 12.0. The number of carbonyl (C=O) groups is 2. The lowest BCUT2D eigenvalue weighted by molar-refractivity contribution is -0.155. The van der Waals surface area contributed by atoms with E-state index in [0.717, 1.165) is 24.9 Å². The SMILES string of the molecule is CC(C)(C)OC(=O)CCC(=O)Nc1ccc2c(c1)CC[C@@H]1[C@@H]2CC[C@]2(C)C(=NN)CC[C@@H]12. The summed E-state index contributed by atoms with van der Waals surface area (Å²) in [5, 5.41) is 7.12. The van der Waals surface area contributed by atoms with Gasteiger partial charge in [0, 0.05) is 23.2 Å². The van der Waals surface area contributed by atoms with Crippen molar-refractivity contribution in [1.29, 1.82) is 0 Å². The summed E-state index contributed by atoms with van der Waals surface area (Å²) in [6.45, 7) is 7.85. The molecule has 2 saturated carbocycles. The standard InChI is InChI=1S/C26H37N3O3/c1-25(2,3)32-24(31)12-11-23(30)28-17-6-8-18-16(15-17)5-7-20-19(18)13-14-26(4)21(20)9-10-22(26)29-27/h6,8,15,19-21H,5,7,9-14,27H2,1-4H3,(H,28,30)/t19-,20-,21+,26+/m1/s1. The van der Waals surface area contributed by atoms with E-state index in [9.17, 15) is 9.59 Å². The Morgan fingerprint density at radius 3 is 2.69 bits per heavy atom.